The van der Waals surface area contributed by atoms with E-state index in [9.17, 15) is 9.59 Å². The summed E-state index contributed by atoms with van der Waals surface area (Å²) in [7, 11) is 1.34. The highest BCUT2D eigenvalue weighted by Crippen LogP contribution is 2.19. The van der Waals surface area contributed by atoms with Crippen molar-refractivity contribution in [3.8, 4) is 0 Å². The highest BCUT2D eigenvalue weighted by Gasteiger charge is 2.21. The first-order valence-electron chi connectivity index (χ1n) is 8.17. The number of carbonyl (C=O) groups is 2. The lowest BCUT2D eigenvalue weighted by Crippen LogP contribution is -2.28. The van der Waals surface area contributed by atoms with Crippen molar-refractivity contribution >= 4 is 23.4 Å². The molecule has 7 nitrogen and oxygen atoms in total. The van der Waals surface area contributed by atoms with Gasteiger partial charge in [-0.25, -0.2) is 14.8 Å². The number of benzene rings is 1. The van der Waals surface area contributed by atoms with Crippen LogP contribution in [0.5, 0.6) is 0 Å². The first kappa shape index (κ1) is 16.9. The average Bonchev–Trinajstić information content (AvgIpc) is 3.14. The van der Waals surface area contributed by atoms with Crippen LogP contribution in [0.1, 0.15) is 39.5 Å². The molecule has 25 heavy (non-hydrogen) atoms. The maximum atomic E-state index is 12.5. The van der Waals surface area contributed by atoms with Gasteiger partial charge in [0.1, 0.15) is 17.3 Å². The Morgan fingerprint density at radius 2 is 1.92 bits per heavy atom. The van der Waals surface area contributed by atoms with E-state index in [4.69, 9.17) is 4.74 Å². The third-order valence-electron chi connectivity index (χ3n) is 4.01. The van der Waals surface area contributed by atoms with Gasteiger partial charge in [-0.05, 0) is 38.0 Å². The maximum absolute atomic E-state index is 12.5. The van der Waals surface area contributed by atoms with Crippen molar-refractivity contribution in [1.82, 2.24) is 14.9 Å². The molecule has 1 aromatic heterocycles. The van der Waals surface area contributed by atoms with E-state index in [1.165, 1.54) is 7.11 Å². The summed E-state index contributed by atoms with van der Waals surface area (Å²) in [5.41, 5.74) is 1.49. The molecule has 2 heterocycles. The number of esters is 1. The lowest BCUT2D eigenvalue weighted by atomic mass is 10.2. The summed E-state index contributed by atoms with van der Waals surface area (Å²) in [6, 6.07) is 8.54. The van der Waals surface area contributed by atoms with Crippen LogP contribution in [0.3, 0.4) is 0 Å². The predicted molar refractivity (Wildman–Crippen MR) is 93.0 cm³/mol. The first-order valence-corrected chi connectivity index (χ1v) is 8.17. The van der Waals surface area contributed by atoms with Gasteiger partial charge in [0.25, 0.3) is 5.91 Å². The van der Waals surface area contributed by atoms with Gasteiger partial charge >= 0.3 is 5.97 Å². The molecule has 1 fully saturated rings. The van der Waals surface area contributed by atoms with Gasteiger partial charge in [-0.15, -0.1) is 0 Å². The predicted octanol–water partition coefficient (Wildman–Crippen LogP) is 2.55. The summed E-state index contributed by atoms with van der Waals surface area (Å²) in [5, 5.41) is 3.12. The second kappa shape index (κ2) is 7.29. The van der Waals surface area contributed by atoms with E-state index in [-0.39, 0.29) is 5.91 Å². The van der Waals surface area contributed by atoms with E-state index in [1.54, 1.807) is 31.2 Å². The third kappa shape index (κ3) is 3.93. The number of nitrogens with zero attached hydrogens (tertiary/aromatic N) is 3. The molecule has 1 saturated heterocycles. The highest BCUT2D eigenvalue weighted by atomic mass is 16.5. The minimum Gasteiger partial charge on any atom is -0.465 e. The summed E-state index contributed by atoms with van der Waals surface area (Å²) in [4.78, 5) is 34.6. The molecule has 1 amide bonds. The van der Waals surface area contributed by atoms with Crippen LogP contribution in [-0.2, 0) is 4.74 Å². The number of ether oxygens (including phenoxy) is 1. The molecule has 7 heteroatoms. The summed E-state index contributed by atoms with van der Waals surface area (Å²) < 4.78 is 4.73. The van der Waals surface area contributed by atoms with E-state index in [1.807, 2.05) is 11.0 Å². The molecular weight excluding hydrogens is 320 g/mol. The first-order chi connectivity index (χ1) is 12.1. The van der Waals surface area contributed by atoms with Gasteiger partial charge in [-0.3, -0.25) is 4.79 Å². The highest BCUT2D eigenvalue weighted by molar-refractivity contribution is 5.93. The van der Waals surface area contributed by atoms with E-state index in [0.29, 0.717) is 28.6 Å². The van der Waals surface area contributed by atoms with E-state index in [2.05, 4.69) is 15.3 Å². The topological polar surface area (TPSA) is 84.4 Å². The number of likely N-dealkylation sites (tertiary alicyclic amines) is 1. The molecule has 0 unspecified atom stereocenters. The fourth-order valence-corrected chi connectivity index (χ4v) is 2.81. The monoisotopic (exact) mass is 340 g/mol. The number of amides is 1. The molecule has 0 atom stereocenters. The zero-order chi connectivity index (χ0) is 17.8. The van der Waals surface area contributed by atoms with Crippen LogP contribution in [0.4, 0.5) is 11.5 Å². The molecular formula is C18H20N4O3. The van der Waals surface area contributed by atoms with Gasteiger partial charge in [-0.1, -0.05) is 6.07 Å². The maximum Gasteiger partial charge on any atom is 0.337 e. The van der Waals surface area contributed by atoms with Gasteiger partial charge in [-0.2, -0.15) is 0 Å². The van der Waals surface area contributed by atoms with Crippen molar-refractivity contribution in [3.63, 3.8) is 0 Å². The number of aromatic nitrogens is 2. The van der Waals surface area contributed by atoms with Crippen molar-refractivity contribution in [2.45, 2.75) is 19.8 Å². The van der Waals surface area contributed by atoms with Crippen LogP contribution in [0.15, 0.2) is 30.3 Å². The zero-order valence-electron chi connectivity index (χ0n) is 14.3. The summed E-state index contributed by atoms with van der Waals surface area (Å²) >= 11 is 0. The smallest absolute Gasteiger partial charge is 0.337 e. The molecule has 1 aliphatic heterocycles. The molecule has 0 saturated carbocycles. The lowest BCUT2D eigenvalue weighted by molar-refractivity contribution is 0.0600. The molecule has 0 radical (unpaired) electrons. The van der Waals surface area contributed by atoms with Crippen LogP contribution in [0.2, 0.25) is 0 Å². The average molecular weight is 340 g/mol. The molecule has 1 aromatic carbocycles. The molecule has 2 aromatic rings. The Hall–Kier alpha value is -2.96. The number of carbonyl (C=O) groups excluding carboxylic acids is 2. The van der Waals surface area contributed by atoms with Crippen molar-refractivity contribution in [2.24, 2.45) is 0 Å². The van der Waals surface area contributed by atoms with Crippen molar-refractivity contribution in [3.05, 3.63) is 47.4 Å². The van der Waals surface area contributed by atoms with Gasteiger partial charge < -0.3 is 15.0 Å². The second-order valence-corrected chi connectivity index (χ2v) is 5.88. The van der Waals surface area contributed by atoms with E-state index >= 15 is 0 Å². The lowest BCUT2D eigenvalue weighted by Gasteiger charge is -2.15. The molecule has 130 valence electrons. The minimum atomic E-state index is -0.410. The van der Waals surface area contributed by atoms with E-state index < -0.39 is 5.97 Å². The van der Waals surface area contributed by atoms with Crippen LogP contribution in [-0.4, -0.2) is 46.9 Å². The molecule has 3 rings (SSSR count). The second-order valence-electron chi connectivity index (χ2n) is 5.88. The molecule has 0 aliphatic carbocycles. The van der Waals surface area contributed by atoms with Crippen molar-refractivity contribution in [2.75, 3.05) is 25.5 Å². The number of aryl methyl sites for hydroxylation is 1. The number of nitrogens with one attached hydrogen (secondary N) is 1. The van der Waals surface area contributed by atoms with Gasteiger partial charge in [0.2, 0.25) is 0 Å². The Labute approximate surface area is 146 Å². The van der Waals surface area contributed by atoms with Crippen molar-refractivity contribution in [1.29, 1.82) is 0 Å². The normalized spacial score (nSPS) is 13.6. The summed E-state index contributed by atoms with van der Waals surface area (Å²) in [6.07, 6.45) is 2.06. The summed E-state index contributed by atoms with van der Waals surface area (Å²) in [6.45, 7) is 3.29. The molecule has 1 N–H and O–H groups in total. The number of hydrogen-bond donors (Lipinski definition) is 1. The minimum absolute atomic E-state index is 0.0747. The Bertz CT molecular complexity index is 801. The molecule has 1 aliphatic rings. The van der Waals surface area contributed by atoms with Crippen molar-refractivity contribution < 1.29 is 14.3 Å². The number of hydrogen-bond acceptors (Lipinski definition) is 6. The zero-order valence-corrected chi connectivity index (χ0v) is 14.3. The standard InChI is InChI=1S/C18H20N4O3/c1-12-19-15(17(23)22-8-3-4-9-22)11-16(20-12)21-14-7-5-6-13(10-14)18(24)25-2/h5-7,10-11H,3-4,8-9H2,1-2H3,(H,19,20,21). The van der Waals surface area contributed by atoms with Gasteiger partial charge in [0.15, 0.2) is 0 Å². The molecule has 0 spiro atoms. The van der Waals surface area contributed by atoms with Gasteiger partial charge in [0, 0.05) is 24.8 Å². The van der Waals surface area contributed by atoms with Gasteiger partial charge in [0.05, 0.1) is 12.7 Å². The van der Waals surface area contributed by atoms with Crippen LogP contribution >= 0.6 is 0 Å². The Kier molecular flexibility index (Phi) is 4.92. The number of rotatable bonds is 4. The third-order valence-corrected chi connectivity index (χ3v) is 4.01. The fourth-order valence-electron chi connectivity index (χ4n) is 2.81. The van der Waals surface area contributed by atoms with E-state index in [0.717, 1.165) is 25.9 Å². The Morgan fingerprint density at radius 1 is 1.16 bits per heavy atom. The SMILES string of the molecule is COC(=O)c1cccc(Nc2cc(C(=O)N3CCCC3)nc(C)n2)c1. The van der Waals surface area contributed by atoms with Crippen LogP contribution in [0.25, 0.3) is 0 Å². The van der Waals surface area contributed by atoms with Crippen LogP contribution in [0, 0.1) is 6.92 Å². The Morgan fingerprint density at radius 3 is 2.64 bits per heavy atom. The summed E-state index contributed by atoms with van der Waals surface area (Å²) in [5.74, 6) is 0.538. The number of methoxy groups -OCH3 is 1. The number of anilines is 2. The van der Waals surface area contributed by atoms with Crippen LogP contribution < -0.4 is 5.32 Å². The largest absolute Gasteiger partial charge is 0.465 e. The quantitative estimate of drug-likeness (QED) is 0.861. The fraction of sp³-hybridized carbons (Fsp3) is 0.333. The Balaban J connectivity index is 1.83. The molecule has 0 bridgehead atoms.